The summed E-state index contributed by atoms with van der Waals surface area (Å²) < 4.78 is 4.41. The highest BCUT2D eigenvalue weighted by Gasteiger charge is 2.13. The Hall–Kier alpha value is -2.07. The van der Waals surface area contributed by atoms with E-state index < -0.39 is 5.97 Å². The number of nitrogens with one attached hydrogen (secondary N) is 1. The van der Waals surface area contributed by atoms with Crippen LogP contribution in [0.2, 0.25) is 0 Å². The molecule has 1 fully saturated rings. The van der Waals surface area contributed by atoms with Crippen LogP contribution in [0.4, 0.5) is 0 Å². The fourth-order valence-corrected chi connectivity index (χ4v) is 2.69. The van der Waals surface area contributed by atoms with E-state index in [-0.39, 0.29) is 5.91 Å². The van der Waals surface area contributed by atoms with Crippen molar-refractivity contribution < 1.29 is 19.1 Å². The largest absolute Gasteiger partial charge is 0.466 e. The molecule has 134 valence electrons. The van der Waals surface area contributed by atoms with Crippen molar-refractivity contribution in [3.63, 3.8) is 0 Å². The topological polar surface area (TPSA) is 75.7 Å². The van der Waals surface area contributed by atoms with Crippen molar-refractivity contribution in [2.24, 2.45) is 0 Å². The first-order valence-electron chi connectivity index (χ1n) is 8.70. The second-order valence-electron chi connectivity index (χ2n) is 5.91. The van der Waals surface area contributed by atoms with Crippen LogP contribution in [0.1, 0.15) is 51.4 Å². The minimum Gasteiger partial charge on any atom is -0.466 e. The highest BCUT2D eigenvalue weighted by molar-refractivity contribution is 5.94. The van der Waals surface area contributed by atoms with Crippen molar-refractivity contribution in [1.82, 2.24) is 10.2 Å². The molecule has 1 aliphatic rings. The number of allylic oxidation sites excluding steroid dienone is 1. The number of unbranched alkanes of at least 4 members (excludes halogenated alkanes) is 3. The van der Waals surface area contributed by atoms with Crippen LogP contribution < -0.4 is 5.32 Å². The van der Waals surface area contributed by atoms with Gasteiger partial charge in [0.15, 0.2) is 0 Å². The van der Waals surface area contributed by atoms with Gasteiger partial charge in [-0.2, -0.15) is 0 Å². The molecule has 0 unspecified atom stereocenters. The zero-order valence-corrected chi connectivity index (χ0v) is 14.5. The first-order valence-corrected chi connectivity index (χ1v) is 8.70. The molecule has 0 aromatic rings. The molecule has 1 rings (SSSR count). The number of carbonyl (C=O) groups excluding carboxylic acids is 3. The van der Waals surface area contributed by atoms with Gasteiger partial charge in [-0.1, -0.05) is 19.3 Å². The Morgan fingerprint density at radius 3 is 2.71 bits per heavy atom. The summed E-state index contributed by atoms with van der Waals surface area (Å²) in [6.07, 6.45) is 10.6. The number of nitrogens with zero attached hydrogens (tertiary/aromatic N) is 1. The summed E-state index contributed by atoms with van der Waals surface area (Å²) in [6.45, 7) is 2.47. The van der Waals surface area contributed by atoms with E-state index in [1.165, 1.54) is 19.6 Å². The molecule has 6 nitrogen and oxygen atoms in total. The van der Waals surface area contributed by atoms with Gasteiger partial charge in [0.05, 0.1) is 12.8 Å². The predicted molar refractivity (Wildman–Crippen MR) is 91.9 cm³/mol. The minimum absolute atomic E-state index is 0.286. The van der Waals surface area contributed by atoms with Crippen molar-refractivity contribution in [1.29, 1.82) is 0 Å². The number of rotatable bonds is 9. The van der Waals surface area contributed by atoms with Gasteiger partial charge in [-0.15, -0.1) is 0 Å². The second kappa shape index (κ2) is 12.4. The van der Waals surface area contributed by atoms with E-state index in [0.717, 1.165) is 69.8 Å². The average molecular weight is 336 g/mol. The first kappa shape index (κ1) is 20.0. The number of hydrogen-bond acceptors (Lipinski definition) is 5. The van der Waals surface area contributed by atoms with Crippen LogP contribution in [0.15, 0.2) is 17.8 Å². The monoisotopic (exact) mass is 336 g/mol. The summed E-state index contributed by atoms with van der Waals surface area (Å²) in [5.41, 5.74) is 0.831. The molecule has 1 N–H and O–H groups in total. The third-order valence-electron chi connectivity index (χ3n) is 4.07. The smallest absolute Gasteiger partial charge is 0.330 e. The molecule has 0 aromatic heterocycles. The summed E-state index contributed by atoms with van der Waals surface area (Å²) in [6, 6.07) is 0. The van der Waals surface area contributed by atoms with Gasteiger partial charge in [0.1, 0.15) is 5.94 Å². The molecule has 0 saturated carbocycles. The Kier molecular flexibility index (Phi) is 10.3. The molecular weight excluding hydrogens is 308 g/mol. The molecule has 0 radical (unpaired) electrons. The molecule has 0 aliphatic carbocycles. The number of hydrogen-bond donors (Lipinski definition) is 1. The third kappa shape index (κ3) is 8.53. The normalized spacial score (nSPS) is 15.0. The maximum absolute atomic E-state index is 11.4. The van der Waals surface area contributed by atoms with E-state index in [1.807, 2.05) is 0 Å². The van der Waals surface area contributed by atoms with Gasteiger partial charge in [-0.05, 0) is 32.1 Å². The standard InChI is InChI=1S/C18H28N2O4/c1-24-18(23)11-10-17(22)19-12-6-2-3-7-13-20-14-8-4-5-9-16(20)15-21/h10-11H,2-9,12-14H2,1H3,(H,19,22)/b11-10-. The summed E-state index contributed by atoms with van der Waals surface area (Å²) in [5, 5.41) is 2.73. The molecule has 0 spiro atoms. The van der Waals surface area contributed by atoms with E-state index >= 15 is 0 Å². The van der Waals surface area contributed by atoms with E-state index in [1.54, 1.807) is 0 Å². The zero-order chi connectivity index (χ0) is 17.6. The Balaban J connectivity index is 2.07. The highest BCUT2D eigenvalue weighted by atomic mass is 16.5. The van der Waals surface area contributed by atoms with Crippen molar-refractivity contribution in [3.05, 3.63) is 17.8 Å². The molecule has 1 amide bonds. The molecular formula is C18H28N2O4. The van der Waals surface area contributed by atoms with Crippen LogP contribution in [0.5, 0.6) is 0 Å². The van der Waals surface area contributed by atoms with Gasteiger partial charge in [-0.25, -0.2) is 9.59 Å². The summed E-state index contributed by atoms with van der Waals surface area (Å²) in [7, 11) is 1.27. The fourth-order valence-electron chi connectivity index (χ4n) is 2.69. The Labute approximate surface area is 143 Å². The van der Waals surface area contributed by atoms with E-state index in [0.29, 0.717) is 6.54 Å². The van der Waals surface area contributed by atoms with Crippen molar-refractivity contribution in [3.8, 4) is 0 Å². The highest BCUT2D eigenvalue weighted by Crippen LogP contribution is 2.18. The number of amides is 1. The molecule has 1 aliphatic heterocycles. The number of ether oxygens (including phenoxy) is 1. The fraction of sp³-hybridized carbons (Fsp3) is 0.667. The van der Waals surface area contributed by atoms with Gasteiger partial charge >= 0.3 is 5.97 Å². The van der Waals surface area contributed by atoms with Crippen molar-refractivity contribution >= 4 is 17.8 Å². The Morgan fingerprint density at radius 2 is 1.96 bits per heavy atom. The molecule has 1 saturated heterocycles. The van der Waals surface area contributed by atoms with Crippen LogP contribution in [0.25, 0.3) is 0 Å². The van der Waals surface area contributed by atoms with E-state index in [2.05, 4.69) is 20.9 Å². The molecule has 0 aromatic carbocycles. The number of esters is 1. The maximum atomic E-state index is 11.4. The lowest BCUT2D eigenvalue weighted by molar-refractivity contribution is -0.135. The van der Waals surface area contributed by atoms with Gasteiger partial charge in [0, 0.05) is 31.8 Å². The zero-order valence-electron chi connectivity index (χ0n) is 14.5. The molecule has 6 heteroatoms. The second-order valence-corrected chi connectivity index (χ2v) is 5.91. The maximum Gasteiger partial charge on any atom is 0.330 e. The van der Waals surface area contributed by atoms with Crippen LogP contribution in [0, 0.1) is 0 Å². The molecule has 24 heavy (non-hydrogen) atoms. The lowest BCUT2D eigenvalue weighted by Gasteiger charge is -2.22. The van der Waals surface area contributed by atoms with Gasteiger partial charge in [0.25, 0.3) is 0 Å². The molecule has 0 atom stereocenters. The third-order valence-corrected chi connectivity index (χ3v) is 4.07. The van der Waals surface area contributed by atoms with E-state index in [4.69, 9.17) is 0 Å². The van der Waals surface area contributed by atoms with Gasteiger partial charge < -0.3 is 15.0 Å². The Morgan fingerprint density at radius 1 is 1.17 bits per heavy atom. The SMILES string of the molecule is COC(=O)/C=C\C(=O)NCCCCCCN1CCCCCC1=C=O. The lowest BCUT2D eigenvalue weighted by Crippen LogP contribution is -2.24. The van der Waals surface area contributed by atoms with Crippen LogP contribution >= 0.6 is 0 Å². The number of methoxy groups -OCH3 is 1. The van der Waals surface area contributed by atoms with Crippen LogP contribution in [-0.2, 0) is 19.1 Å². The van der Waals surface area contributed by atoms with E-state index in [9.17, 15) is 14.4 Å². The summed E-state index contributed by atoms with van der Waals surface area (Å²) >= 11 is 0. The number of carbonyl (C=O) groups is 2. The van der Waals surface area contributed by atoms with Crippen molar-refractivity contribution in [2.45, 2.75) is 51.4 Å². The Bertz CT molecular complexity index is 481. The van der Waals surface area contributed by atoms with Gasteiger partial charge in [0.2, 0.25) is 5.91 Å². The molecule has 1 heterocycles. The van der Waals surface area contributed by atoms with Crippen LogP contribution in [-0.4, -0.2) is 49.5 Å². The minimum atomic E-state index is -0.539. The number of likely N-dealkylation sites (tertiary alicyclic amines) is 1. The quantitative estimate of drug-likeness (QED) is 0.302. The predicted octanol–water partition coefficient (Wildman–Crippen LogP) is 1.98. The average Bonchev–Trinajstić information content (AvgIpc) is 2.83. The van der Waals surface area contributed by atoms with Crippen LogP contribution in [0.3, 0.4) is 0 Å². The van der Waals surface area contributed by atoms with Gasteiger partial charge in [-0.3, -0.25) is 4.79 Å². The summed E-state index contributed by atoms with van der Waals surface area (Å²) in [4.78, 5) is 35.4. The molecule has 0 bridgehead atoms. The first-order chi connectivity index (χ1) is 11.7. The lowest BCUT2D eigenvalue weighted by atomic mass is 10.1. The summed E-state index contributed by atoms with van der Waals surface area (Å²) in [5.74, 6) is 1.27. The van der Waals surface area contributed by atoms with Crippen molar-refractivity contribution in [2.75, 3.05) is 26.7 Å².